The molecule has 0 atom stereocenters. The van der Waals surface area contributed by atoms with Crippen LogP contribution in [0.3, 0.4) is 0 Å². The molecule has 0 amide bonds. The molecular formula is C8H9BrN3+. The molecule has 2 rings (SSSR count). The zero-order valence-electron chi connectivity index (χ0n) is 6.66. The lowest BCUT2D eigenvalue weighted by Crippen LogP contribution is -2.25. The minimum absolute atomic E-state index is 0.903. The van der Waals surface area contributed by atoms with Gasteiger partial charge in [0.25, 0.3) is 5.82 Å². The van der Waals surface area contributed by atoms with Crippen LogP contribution < -0.4 is 10.2 Å². The van der Waals surface area contributed by atoms with E-state index in [1.54, 1.807) is 4.68 Å². The van der Waals surface area contributed by atoms with Crippen LogP contribution in [-0.2, 0) is 0 Å². The monoisotopic (exact) mass is 226 g/mol. The Morgan fingerprint density at radius 1 is 1.50 bits per heavy atom. The second-order valence-corrected chi connectivity index (χ2v) is 3.42. The lowest BCUT2D eigenvalue weighted by atomic mass is 10.4. The fraction of sp³-hybridized carbons (Fsp3) is 0.125. The average Bonchev–Trinajstić information content (AvgIpc) is 2.33. The van der Waals surface area contributed by atoms with E-state index in [1.165, 1.54) is 0 Å². The number of pyridine rings is 1. The quantitative estimate of drug-likeness (QED) is 0.529. The topological polar surface area (TPSA) is 35.0 Å². The van der Waals surface area contributed by atoms with Crippen molar-refractivity contribution in [3.05, 3.63) is 34.8 Å². The number of halogens is 1. The number of nitrogens with zero attached hydrogens (tertiary/aromatic N) is 2. The number of hydrogen-bond acceptors (Lipinski definition) is 1. The normalized spacial score (nSPS) is 10.8. The van der Waals surface area contributed by atoms with E-state index in [1.807, 2.05) is 35.7 Å². The molecule has 0 saturated carbocycles. The van der Waals surface area contributed by atoms with Gasteiger partial charge in [0.2, 0.25) is 4.60 Å². The second-order valence-electron chi connectivity index (χ2n) is 2.66. The number of nitrogen functional groups attached to an aromatic ring is 1. The molecule has 0 aliphatic rings. The van der Waals surface area contributed by atoms with Gasteiger partial charge in [-0.15, -0.1) is 4.68 Å². The Labute approximate surface area is 78.5 Å². The molecule has 0 bridgehead atoms. The first-order valence-corrected chi connectivity index (χ1v) is 4.43. The number of aryl methyl sites for hydroxylation is 1. The summed E-state index contributed by atoms with van der Waals surface area (Å²) in [5.41, 5.74) is 1.08. The van der Waals surface area contributed by atoms with E-state index >= 15 is 0 Å². The second kappa shape index (κ2) is 2.48. The lowest BCUT2D eigenvalue weighted by Gasteiger charge is -1.85. The van der Waals surface area contributed by atoms with Gasteiger partial charge >= 0.3 is 0 Å². The van der Waals surface area contributed by atoms with E-state index in [0.29, 0.717) is 0 Å². The summed E-state index contributed by atoms with van der Waals surface area (Å²) in [6.45, 7) is 1.97. The van der Waals surface area contributed by atoms with E-state index in [-0.39, 0.29) is 0 Å². The van der Waals surface area contributed by atoms with Crippen molar-refractivity contribution in [3.8, 4) is 0 Å². The third-order valence-electron chi connectivity index (χ3n) is 1.98. The molecule has 4 heteroatoms. The van der Waals surface area contributed by atoms with Gasteiger partial charge in [-0.05, 0) is 12.1 Å². The van der Waals surface area contributed by atoms with Crippen molar-refractivity contribution in [1.82, 2.24) is 4.68 Å². The lowest BCUT2D eigenvalue weighted by molar-refractivity contribution is -0.520. The van der Waals surface area contributed by atoms with Gasteiger partial charge in [-0.25, -0.2) is 0 Å². The van der Waals surface area contributed by atoms with Gasteiger partial charge in [-0.2, -0.15) is 4.40 Å². The van der Waals surface area contributed by atoms with Gasteiger partial charge in [-0.3, -0.25) is 5.84 Å². The maximum atomic E-state index is 5.76. The molecule has 2 aromatic rings. The highest BCUT2D eigenvalue weighted by Gasteiger charge is 2.17. The van der Waals surface area contributed by atoms with Gasteiger partial charge in [0.15, 0.2) is 5.52 Å². The van der Waals surface area contributed by atoms with Gasteiger partial charge in [0, 0.05) is 22.9 Å². The summed E-state index contributed by atoms with van der Waals surface area (Å²) in [7, 11) is 0. The first kappa shape index (κ1) is 7.61. The Morgan fingerprint density at radius 2 is 2.25 bits per heavy atom. The minimum Gasteiger partial charge on any atom is -0.268 e. The van der Waals surface area contributed by atoms with Crippen molar-refractivity contribution >= 4 is 21.4 Å². The number of imidazole rings is 1. The van der Waals surface area contributed by atoms with E-state index in [4.69, 9.17) is 5.84 Å². The van der Waals surface area contributed by atoms with Crippen LogP contribution in [0.2, 0.25) is 0 Å². The van der Waals surface area contributed by atoms with Crippen molar-refractivity contribution in [2.75, 3.05) is 5.84 Å². The Morgan fingerprint density at radius 3 is 2.92 bits per heavy atom. The molecule has 0 unspecified atom stereocenters. The summed E-state index contributed by atoms with van der Waals surface area (Å²) in [5.74, 6) is 6.76. The zero-order valence-corrected chi connectivity index (χ0v) is 8.25. The SMILES string of the molecule is Cc1n(N)c(Br)c2cccc[n+]12. The molecule has 62 valence electrons. The van der Waals surface area contributed by atoms with Crippen LogP contribution in [0.1, 0.15) is 5.82 Å². The molecule has 0 aromatic carbocycles. The molecule has 2 aromatic heterocycles. The maximum Gasteiger partial charge on any atom is 0.282 e. The molecular weight excluding hydrogens is 218 g/mol. The largest absolute Gasteiger partial charge is 0.282 e. The van der Waals surface area contributed by atoms with Crippen molar-refractivity contribution < 1.29 is 4.40 Å². The first-order chi connectivity index (χ1) is 5.72. The molecule has 2 heterocycles. The highest BCUT2D eigenvalue weighted by Crippen LogP contribution is 2.14. The summed E-state index contributed by atoms with van der Waals surface area (Å²) < 4.78 is 4.56. The third-order valence-corrected chi connectivity index (χ3v) is 2.77. The maximum absolute atomic E-state index is 5.76. The van der Waals surface area contributed by atoms with Crippen LogP contribution in [0, 0.1) is 6.92 Å². The molecule has 2 N–H and O–H groups in total. The highest BCUT2D eigenvalue weighted by atomic mass is 79.9. The average molecular weight is 227 g/mol. The number of fused-ring (bicyclic) bond motifs is 1. The van der Waals surface area contributed by atoms with E-state index in [9.17, 15) is 0 Å². The first-order valence-electron chi connectivity index (χ1n) is 3.64. The van der Waals surface area contributed by atoms with Crippen LogP contribution in [0.25, 0.3) is 5.52 Å². The number of hydrogen-bond donors (Lipinski definition) is 1. The van der Waals surface area contributed by atoms with Crippen molar-refractivity contribution in [3.63, 3.8) is 0 Å². The molecule has 0 saturated heterocycles. The standard InChI is InChI=1S/C8H9BrN3/c1-6-11-5-3-2-4-7(11)8(9)12(6)10/h2-5H,10H2,1H3/q+1. The summed E-state index contributed by atoms with van der Waals surface area (Å²) in [6.07, 6.45) is 1.98. The van der Waals surface area contributed by atoms with Crippen LogP contribution in [0.4, 0.5) is 0 Å². The van der Waals surface area contributed by atoms with Crippen LogP contribution in [0.5, 0.6) is 0 Å². The number of rotatable bonds is 0. The predicted octanol–water partition coefficient (Wildman–Crippen LogP) is 1.01. The Hall–Kier alpha value is -1.03. The van der Waals surface area contributed by atoms with E-state index in [2.05, 4.69) is 15.9 Å². The van der Waals surface area contributed by atoms with Crippen molar-refractivity contribution in [2.45, 2.75) is 6.92 Å². The molecule has 0 aliphatic carbocycles. The Bertz CT molecular complexity index is 394. The van der Waals surface area contributed by atoms with Gasteiger partial charge < -0.3 is 0 Å². The summed E-state index contributed by atoms with van der Waals surface area (Å²) in [5, 5.41) is 0. The van der Waals surface area contributed by atoms with Crippen LogP contribution in [-0.4, -0.2) is 4.68 Å². The zero-order chi connectivity index (χ0) is 8.72. The summed E-state index contributed by atoms with van der Waals surface area (Å²) in [6, 6.07) is 5.98. The smallest absolute Gasteiger partial charge is 0.268 e. The van der Waals surface area contributed by atoms with Gasteiger partial charge in [-0.1, -0.05) is 6.07 Å². The summed E-state index contributed by atoms with van der Waals surface area (Å²) in [4.78, 5) is 0. The fourth-order valence-corrected chi connectivity index (χ4v) is 1.85. The highest BCUT2D eigenvalue weighted by molar-refractivity contribution is 9.10. The fourth-order valence-electron chi connectivity index (χ4n) is 1.27. The molecule has 0 spiro atoms. The van der Waals surface area contributed by atoms with Gasteiger partial charge in [0.05, 0.1) is 6.20 Å². The molecule has 0 fully saturated rings. The third kappa shape index (κ3) is 0.845. The van der Waals surface area contributed by atoms with Crippen molar-refractivity contribution in [1.29, 1.82) is 0 Å². The molecule has 3 nitrogen and oxygen atoms in total. The van der Waals surface area contributed by atoms with E-state index < -0.39 is 0 Å². The molecule has 0 radical (unpaired) electrons. The number of nitrogens with two attached hydrogens (primary N) is 1. The molecule has 0 aliphatic heterocycles. The number of aromatic nitrogens is 2. The predicted molar refractivity (Wildman–Crippen MR) is 50.2 cm³/mol. The van der Waals surface area contributed by atoms with E-state index in [0.717, 1.165) is 15.9 Å². The van der Waals surface area contributed by atoms with Gasteiger partial charge in [0.1, 0.15) is 0 Å². The van der Waals surface area contributed by atoms with Crippen LogP contribution in [0.15, 0.2) is 29.0 Å². The van der Waals surface area contributed by atoms with Crippen molar-refractivity contribution in [2.24, 2.45) is 0 Å². The van der Waals surface area contributed by atoms with Crippen LogP contribution >= 0.6 is 15.9 Å². The summed E-state index contributed by atoms with van der Waals surface area (Å²) >= 11 is 3.42. The minimum atomic E-state index is 0.903. The molecule has 12 heavy (non-hydrogen) atoms. The Kier molecular flexibility index (Phi) is 1.58. The Balaban J connectivity index is 2.99.